The Morgan fingerprint density at radius 1 is 0.407 bits per heavy atom. The maximum Gasteiger partial charge on any atom is 3.00 e. The van der Waals surface area contributed by atoms with Gasteiger partial charge in [-0.2, -0.15) is 0 Å². The Bertz CT molecular complexity index is 240. The van der Waals surface area contributed by atoms with Crippen molar-refractivity contribution >= 4 is 0 Å². The minimum Gasteiger partial charge on any atom is -0.381 e. The van der Waals surface area contributed by atoms with Crippen LogP contribution in [0.25, 0.3) is 0 Å². The molecule has 3 aliphatic rings. The molecule has 27 heavy (non-hydrogen) atoms. The van der Waals surface area contributed by atoms with E-state index in [0.717, 1.165) is 72.4 Å². The number of ether oxygens (including phenoxy) is 1. The fraction of sp³-hybridized carbons (Fsp3) is 0.960. The quantitative estimate of drug-likeness (QED) is 0.300. The zero-order valence-corrected chi connectivity index (χ0v) is 23.0. The van der Waals surface area contributed by atoms with E-state index in [2.05, 4.69) is 69.2 Å². The summed E-state index contributed by atoms with van der Waals surface area (Å²) in [4.78, 5) is 0. The molecule has 0 spiro atoms. The van der Waals surface area contributed by atoms with Gasteiger partial charge in [0.15, 0.2) is 0 Å². The van der Waals surface area contributed by atoms with Crippen LogP contribution in [-0.4, -0.2) is 13.2 Å². The van der Waals surface area contributed by atoms with Gasteiger partial charge in [-0.15, -0.1) is 0 Å². The molecular weight excluding hydrogens is 467 g/mol. The van der Waals surface area contributed by atoms with E-state index >= 15 is 0 Å². The Morgan fingerprint density at radius 3 is 0.630 bits per heavy atom. The molecule has 0 amide bonds. The Morgan fingerprint density at radius 2 is 0.556 bits per heavy atom. The third kappa shape index (κ3) is 8.15. The molecule has 0 aromatic carbocycles. The maximum atomic E-state index is 4.94. The Hall–Kier alpha value is 1.30. The van der Waals surface area contributed by atoms with Crippen molar-refractivity contribution in [2.45, 2.75) is 82.1 Å². The molecule has 0 atom stereocenters. The van der Waals surface area contributed by atoms with Crippen LogP contribution in [0, 0.1) is 107 Å². The van der Waals surface area contributed by atoms with Crippen LogP contribution >= 0.6 is 0 Å². The van der Waals surface area contributed by atoms with Gasteiger partial charge in [0.05, 0.1) is 0 Å². The van der Waals surface area contributed by atoms with Crippen LogP contribution in [0.5, 0.6) is 0 Å². The van der Waals surface area contributed by atoms with Crippen LogP contribution < -0.4 is 0 Å². The summed E-state index contributed by atoms with van der Waals surface area (Å²) >= 11 is 0. The average Bonchev–Trinajstić information content (AvgIpc) is 3.29. The second-order valence-electron chi connectivity index (χ2n) is 9.91. The molecule has 0 N–H and O–H groups in total. The second kappa shape index (κ2) is 14.3. The van der Waals surface area contributed by atoms with Gasteiger partial charge >= 0.3 is 40.4 Å². The van der Waals surface area contributed by atoms with E-state index in [1.807, 2.05) is 0 Å². The van der Waals surface area contributed by atoms with Crippen molar-refractivity contribution in [1.29, 1.82) is 0 Å². The van der Waals surface area contributed by atoms with Gasteiger partial charge < -0.3 is 12.2 Å². The molecule has 1 saturated heterocycles. The summed E-state index contributed by atoms with van der Waals surface area (Å²) in [6.45, 7) is 26.0. The maximum absolute atomic E-state index is 4.94. The third-order valence-corrected chi connectivity index (χ3v) is 9.12. The van der Waals surface area contributed by atoms with Crippen LogP contribution in [0.1, 0.15) is 82.1 Å². The summed E-state index contributed by atoms with van der Waals surface area (Å²) in [5.74, 6) is 9.35. The third-order valence-electron chi connectivity index (χ3n) is 9.12. The SMILES string of the molecule is C1CCOC1.CC1C(C)C(C)C(C)C1C.CC1C(C)C(C)C(C)C1C.[CH3-].[Sm+3]. The fourth-order valence-electron chi connectivity index (χ4n) is 5.30. The molecular formula is C25H51OSm+2. The summed E-state index contributed by atoms with van der Waals surface area (Å²) in [7, 11) is 0. The Kier molecular flexibility index (Phi) is 16.2. The van der Waals surface area contributed by atoms with Crippen LogP contribution in [0.3, 0.4) is 0 Å². The minimum absolute atomic E-state index is 0. The smallest absolute Gasteiger partial charge is 0.381 e. The van der Waals surface area contributed by atoms with Crippen LogP contribution in [0.4, 0.5) is 0 Å². The molecule has 2 heteroatoms. The molecule has 161 valence electrons. The van der Waals surface area contributed by atoms with Crippen molar-refractivity contribution in [2.75, 3.05) is 13.2 Å². The summed E-state index contributed by atoms with van der Waals surface area (Å²) in [6.07, 6.45) is 2.56. The topological polar surface area (TPSA) is 9.23 Å². The molecule has 2 aliphatic carbocycles. The molecule has 3 rings (SSSR count). The molecule has 0 bridgehead atoms. The van der Waals surface area contributed by atoms with Crippen molar-refractivity contribution in [3.05, 3.63) is 7.43 Å². The van der Waals surface area contributed by atoms with E-state index in [-0.39, 0.29) is 47.8 Å². The molecule has 1 aliphatic heterocycles. The first kappa shape index (κ1) is 30.5. The van der Waals surface area contributed by atoms with Crippen LogP contribution in [0.2, 0.25) is 0 Å². The zero-order valence-electron chi connectivity index (χ0n) is 20.4. The number of hydrogen-bond donors (Lipinski definition) is 0. The van der Waals surface area contributed by atoms with Crippen molar-refractivity contribution < 1.29 is 45.1 Å². The summed E-state index contributed by atoms with van der Waals surface area (Å²) in [5, 5.41) is 0. The van der Waals surface area contributed by atoms with E-state index in [0.29, 0.717) is 0 Å². The number of rotatable bonds is 0. The van der Waals surface area contributed by atoms with E-state index in [4.69, 9.17) is 4.74 Å². The summed E-state index contributed by atoms with van der Waals surface area (Å²) < 4.78 is 4.94. The molecule has 1 heterocycles. The van der Waals surface area contributed by atoms with E-state index in [1.165, 1.54) is 12.8 Å². The van der Waals surface area contributed by atoms with Gasteiger partial charge in [0.1, 0.15) is 0 Å². The van der Waals surface area contributed by atoms with Gasteiger partial charge in [-0.1, -0.05) is 69.2 Å². The first-order valence-electron chi connectivity index (χ1n) is 11.2. The predicted molar refractivity (Wildman–Crippen MR) is 118 cm³/mol. The van der Waals surface area contributed by atoms with Gasteiger partial charge in [-0.25, -0.2) is 0 Å². The molecule has 1 radical (unpaired) electrons. The normalized spacial score (nSPS) is 45.6. The molecule has 1 nitrogen and oxygen atoms in total. The van der Waals surface area contributed by atoms with E-state index in [9.17, 15) is 0 Å². The molecule has 0 aromatic rings. The van der Waals surface area contributed by atoms with Crippen molar-refractivity contribution in [2.24, 2.45) is 59.2 Å². The van der Waals surface area contributed by atoms with Crippen LogP contribution in [0.15, 0.2) is 0 Å². The fourth-order valence-corrected chi connectivity index (χ4v) is 5.30. The van der Waals surface area contributed by atoms with Crippen molar-refractivity contribution in [1.82, 2.24) is 0 Å². The van der Waals surface area contributed by atoms with E-state index < -0.39 is 0 Å². The van der Waals surface area contributed by atoms with Gasteiger partial charge in [0.2, 0.25) is 0 Å². The van der Waals surface area contributed by atoms with Gasteiger partial charge in [0.25, 0.3) is 0 Å². The summed E-state index contributed by atoms with van der Waals surface area (Å²) in [5.41, 5.74) is 0. The molecule has 0 unspecified atom stereocenters. The van der Waals surface area contributed by atoms with Gasteiger partial charge in [-0.3, -0.25) is 0 Å². The first-order chi connectivity index (χ1) is 11.6. The van der Waals surface area contributed by atoms with Crippen molar-refractivity contribution in [3.63, 3.8) is 0 Å². The standard InChI is InChI=1S/2C10H20.C4H8O.CH3.Sm/c2*1-6-7(2)9(4)10(5)8(6)3;1-2-4-5-3-1;;/h2*6-10H,1-5H3;1-4H2;1H3;/q;;;-1;+3. The van der Waals surface area contributed by atoms with Crippen LogP contribution in [-0.2, 0) is 4.74 Å². The molecule has 0 aromatic heterocycles. The van der Waals surface area contributed by atoms with E-state index in [1.54, 1.807) is 0 Å². The largest absolute Gasteiger partial charge is 3.00 e. The predicted octanol–water partition coefficient (Wildman–Crippen LogP) is 7.61. The second-order valence-corrected chi connectivity index (χ2v) is 9.91. The Labute approximate surface area is 205 Å². The van der Waals surface area contributed by atoms with Crippen molar-refractivity contribution in [3.8, 4) is 0 Å². The average molecular weight is 518 g/mol. The molecule has 2 saturated carbocycles. The monoisotopic (exact) mass is 519 g/mol. The summed E-state index contributed by atoms with van der Waals surface area (Å²) in [6, 6.07) is 0. The Balaban J connectivity index is 0. The first-order valence-corrected chi connectivity index (χ1v) is 11.2. The number of hydrogen-bond acceptors (Lipinski definition) is 1. The zero-order chi connectivity index (χ0) is 19.3. The van der Waals surface area contributed by atoms with Gasteiger partial charge in [0, 0.05) is 13.2 Å². The van der Waals surface area contributed by atoms with Gasteiger partial charge in [-0.05, 0) is 72.0 Å². The molecule has 3 fully saturated rings. The minimum atomic E-state index is 0.